The monoisotopic (exact) mass is 344 g/mol. The third-order valence-electron chi connectivity index (χ3n) is 4.61. The second kappa shape index (κ2) is 7.53. The Kier molecular flexibility index (Phi) is 5.95. The minimum atomic E-state index is -0.101. The summed E-state index contributed by atoms with van der Waals surface area (Å²) in [6.07, 6.45) is 5.93. The van der Waals surface area contributed by atoms with Crippen LogP contribution in [0.3, 0.4) is 0 Å². The summed E-state index contributed by atoms with van der Waals surface area (Å²) in [6, 6.07) is 5.70. The van der Waals surface area contributed by atoms with Crippen LogP contribution in [0, 0.1) is 5.92 Å². The smallest absolute Gasteiger partial charge is 0.241 e. The summed E-state index contributed by atoms with van der Waals surface area (Å²) in [6.45, 7) is 0. The predicted octanol–water partition coefficient (Wildman–Crippen LogP) is 3.63. The van der Waals surface area contributed by atoms with Crippen molar-refractivity contribution in [1.82, 2.24) is 5.32 Å². The van der Waals surface area contributed by atoms with E-state index in [-0.39, 0.29) is 24.4 Å². The maximum absolute atomic E-state index is 12.4. The molecule has 2 N–H and O–H groups in total. The average molecular weight is 345 g/mol. The predicted molar refractivity (Wildman–Crippen MR) is 91.2 cm³/mol. The first kappa shape index (κ1) is 17.4. The van der Waals surface area contributed by atoms with E-state index in [1.54, 1.807) is 25.3 Å². The molecule has 6 heteroatoms. The number of carbonyl (C=O) groups excluding carboxylic acids is 1. The van der Waals surface area contributed by atoms with Gasteiger partial charge in [-0.25, -0.2) is 0 Å². The van der Waals surface area contributed by atoms with E-state index in [4.69, 9.17) is 16.3 Å². The molecule has 2 aliphatic rings. The Labute approximate surface area is 142 Å². The minimum Gasteiger partial charge on any atom is -0.497 e. The van der Waals surface area contributed by atoms with Crippen molar-refractivity contribution in [3.8, 4) is 5.75 Å². The second-order valence-electron chi connectivity index (χ2n) is 5.94. The van der Waals surface area contributed by atoms with Gasteiger partial charge in [-0.05, 0) is 37.3 Å². The van der Waals surface area contributed by atoms with Gasteiger partial charge >= 0.3 is 0 Å². The van der Waals surface area contributed by atoms with Crippen molar-refractivity contribution in [2.24, 2.45) is 5.92 Å². The quantitative estimate of drug-likeness (QED) is 0.880. The van der Waals surface area contributed by atoms with E-state index < -0.39 is 0 Å². The van der Waals surface area contributed by atoms with Gasteiger partial charge in [-0.1, -0.05) is 24.4 Å². The summed E-state index contributed by atoms with van der Waals surface area (Å²) in [5, 5.41) is 6.90. The van der Waals surface area contributed by atoms with E-state index in [0.29, 0.717) is 28.4 Å². The molecule has 1 aliphatic carbocycles. The van der Waals surface area contributed by atoms with Crippen molar-refractivity contribution in [3.63, 3.8) is 0 Å². The summed E-state index contributed by atoms with van der Waals surface area (Å²) in [4.78, 5) is 12.4. The third kappa shape index (κ3) is 3.67. The Morgan fingerprint density at radius 3 is 2.82 bits per heavy atom. The number of hydrogen-bond donors (Lipinski definition) is 2. The lowest BCUT2D eigenvalue weighted by Crippen LogP contribution is -2.39. The lowest BCUT2D eigenvalue weighted by atomic mass is 9.85. The first-order valence-electron chi connectivity index (χ1n) is 7.58. The van der Waals surface area contributed by atoms with Crippen LogP contribution in [0.4, 0.5) is 5.69 Å². The van der Waals surface area contributed by atoms with Gasteiger partial charge in [-0.3, -0.25) is 4.79 Å². The Bertz CT molecular complexity index is 525. The molecule has 22 heavy (non-hydrogen) atoms. The number of benzene rings is 1. The maximum atomic E-state index is 12.4. The maximum Gasteiger partial charge on any atom is 0.241 e. The van der Waals surface area contributed by atoms with Gasteiger partial charge in [0.2, 0.25) is 5.91 Å². The zero-order valence-corrected chi connectivity index (χ0v) is 14.2. The number of hydrogen-bond acceptors (Lipinski definition) is 3. The number of methoxy groups -OCH3 is 1. The molecule has 1 amide bonds. The van der Waals surface area contributed by atoms with Crippen LogP contribution < -0.4 is 15.4 Å². The summed E-state index contributed by atoms with van der Waals surface area (Å²) < 4.78 is 5.11. The minimum absolute atomic E-state index is 0. The third-order valence-corrected chi connectivity index (χ3v) is 4.93. The van der Waals surface area contributed by atoms with Crippen LogP contribution in [0.25, 0.3) is 0 Å². The summed E-state index contributed by atoms with van der Waals surface area (Å²) in [7, 11) is 1.59. The van der Waals surface area contributed by atoms with Gasteiger partial charge in [-0.15, -0.1) is 12.4 Å². The fourth-order valence-corrected chi connectivity index (χ4v) is 3.68. The zero-order chi connectivity index (χ0) is 14.8. The molecule has 0 bridgehead atoms. The van der Waals surface area contributed by atoms with Crippen LogP contribution in [0.5, 0.6) is 5.75 Å². The SMILES string of the molecule is COc1ccc(NC(=O)C2CC3CCCCC3N2)c(Cl)c1.Cl. The van der Waals surface area contributed by atoms with Crippen LogP contribution in [0.15, 0.2) is 18.2 Å². The highest BCUT2D eigenvalue weighted by atomic mass is 35.5. The molecular formula is C16H22Cl2N2O2. The lowest BCUT2D eigenvalue weighted by Gasteiger charge is -2.24. The molecule has 1 aliphatic heterocycles. The zero-order valence-electron chi connectivity index (χ0n) is 12.6. The van der Waals surface area contributed by atoms with Gasteiger partial charge in [-0.2, -0.15) is 0 Å². The summed E-state index contributed by atoms with van der Waals surface area (Å²) >= 11 is 6.17. The molecule has 0 aromatic heterocycles. The van der Waals surface area contributed by atoms with Crippen LogP contribution in [-0.4, -0.2) is 25.1 Å². The average Bonchev–Trinajstić information content (AvgIpc) is 2.93. The Morgan fingerprint density at radius 1 is 1.36 bits per heavy atom. The number of rotatable bonds is 3. The first-order chi connectivity index (χ1) is 10.2. The Hall–Kier alpha value is -0.970. The first-order valence-corrected chi connectivity index (χ1v) is 7.95. The fraction of sp³-hybridized carbons (Fsp3) is 0.562. The molecule has 1 aromatic rings. The Balaban J connectivity index is 0.00000176. The number of halogens is 2. The number of nitrogens with one attached hydrogen (secondary N) is 2. The van der Waals surface area contributed by atoms with Crippen LogP contribution in [-0.2, 0) is 4.79 Å². The second-order valence-corrected chi connectivity index (χ2v) is 6.35. The van der Waals surface area contributed by atoms with Crippen molar-refractivity contribution in [1.29, 1.82) is 0 Å². The molecule has 0 spiro atoms. The van der Waals surface area contributed by atoms with Crippen LogP contribution in [0.1, 0.15) is 32.1 Å². The topological polar surface area (TPSA) is 50.4 Å². The van der Waals surface area contributed by atoms with Crippen molar-refractivity contribution in [2.75, 3.05) is 12.4 Å². The number of amides is 1. The lowest BCUT2D eigenvalue weighted by molar-refractivity contribution is -0.117. The standard InChI is InChI=1S/C16H21ClN2O2.ClH/c1-21-11-6-7-14(12(17)9-11)19-16(20)15-8-10-4-2-3-5-13(10)18-15;/h6-7,9-10,13,15,18H,2-5,8H2,1H3,(H,19,20);1H. The van der Waals surface area contributed by atoms with Crippen molar-refractivity contribution >= 4 is 35.6 Å². The van der Waals surface area contributed by atoms with E-state index in [2.05, 4.69) is 10.6 Å². The van der Waals surface area contributed by atoms with Crippen molar-refractivity contribution in [2.45, 2.75) is 44.2 Å². The molecule has 3 rings (SSSR count). The molecule has 1 saturated heterocycles. The van der Waals surface area contributed by atoms with Crippen molar-refractivity contribution in [3.05, 3.63) is 23.2 Å². The summed E-state index contributed by atoms with van der Waals surface area (Å²) in [5.41, 5.74) is 0.638. The molecule has 1 aromatic carbocycles. The van der Waals surface area contributed by atoms with Crippen LogP contribution >= 0.6 is 24.0 Å². The molecule has 1 heterocycles. The van der Waals surface area contributed by atoms with E-state index in [0.717, 1.165) is 6.42 Å². The van der Waals surface area contributed by atoms with E-state index in [1.165, 1.54) is 25.7 Å². The highest BCUT2D eigenvalue weighted by molar-refractivity contribution is 6.33. The van der Waals surface area contributed by atoms with Gasteiger partial charge in [0.05, 0.1) is 23.9 Å². The number of ether oxygens (including phenoxy) is 1. The molecule has 3 unspecified atom stereocenters. The van der Waals surface area contributed by atoms with Gasteiger partial charge < -0.3 is 15.4 Å². The van der Waals surface area contributed by atoms with E-state index >= 15 is 0 Å². The normalized spacial score (nSPS) is 26.7. The van der Waals surface area contributed by atoms with Gasteiger partial charge in [0.1, 0.15) is 5.75 Å². The molecule has 0 radical (unpaired) electrons. The van der Waals surface area contributed by atoms with Gasteiger partial charge in [0.25, 0.3) is 0 Å². The fourth-order valence-electron chi connectivity index (χ4n) is 3.47. The highest BCUT2D eigenvalue weighted by Crippen LogP contribution is 2.34. The molecule has 1 saturated carbocycles. The number of fused-ring (bicyclic) bond motifs is 1. The molecule has 2 fully saturated rings. The highest BCUT2D eigenvalue weighted by Gasteiger charge is 2.38. The summed E-state index contributed by atoms with van der Waals surface area (Å²) in [5.74, 6) is 1.35. The largest absolute Gasteiger partial charge is 0.497 e. The van der Waals surface area contributed by atoms with E-state index in [9.17, 15) is 4.79 Å². The number of anilines is 1. The molecule has 3 atom stereocenters. The Morgan fingerprint density at radius 2 is 2.14 bits per heavy atom. The molecule has 4 nitrogen and oxygen atoms in total. The van der Waals surface area contributed by atoms with Crippen LogP contribution in [0.2, 0.25) is 5.02 Å². The van der Waals surface area contributed by atoms with E-state index in [1.807, 2.05) is 0 Å². The molecular weight excluding hydrogens is 323 g/mol. The van der Waals surface area contributed by atoms with Gasteiger partial charge in [0, 0.05) is 12.1 Å². The number of carbonyl (C=O) groups is 1. The molecule has 122 valence electrons. The van der Waals surface area contributed by atoms with Gasteiger partial charge in [0.15, 0.2) is 0 Å². The van der Waals surface area contributed by atoms with Crippen molar-refractivity contribution < 1.29 is 9.53 Å².